The number of carbonyl (C=O) groups excluding carboxylic acids is 1. The van der Waals surface area contributed by atoms with E-state index in [1.165, 1.54) is 0 Å². The minimum Gasteiger partial charge on any atom is -0.481 e. The maximum Gasteiger partial charge on any atom is 0.334 e. The minimum absolute atomic E-state index is 0.217. The third-order valence-corrected chi connectivity index (χ3v) is 7.08. The van der Waals surface area contributed by atoms with Crippen molar-refractivity contribution in [1.82, 2.24) is 0 Å². The molecule has 1 saturated heterocycles. The summed E-state index contributed by atoms with van der Waals surface area (Å²) in [5.41, 5.74) is 0.377. The molecule has 0 aromatic heterocycles. The number of carbonyl (C=O) groups is 2. The molecule has 2 N–H and O–H groups in total. The second kappa shape index (κ2) is 6.09. The number of hydrogen-bond donors (Lipinski definition) is 2. The molecule has 6 atom stereocenters. The van der Waals surface area contributed by atoms with Gasteiger partial charge in [0.05, 0.1) is 11.5 Å². The normalized spacial score (nSPS) is 43.1. The summed E-state index contributed by atoms with van der Waals surface area (Å²) in [7, 11) is 0. The summed E-state index contributed by atoms with van der Waals surface area (Å²) in [5.74, 6) is -1.50. The Morgan fingerprint density at radius 3 is 2.84 bits per heavy atom. The quantitative estimate of drug-likeness (QED) is 0.753. The lowest BCUT2D eigenvalue weighted by Crippen LogP contribution is -2.58. The SMILES string of the molecule is C[C@@H]1[C@H](O)[C@@H]2OC(=O)C3=C2[C@H](CCC3)[C@]1(CC[C@H]1CCOC1)C(=O)O. The first-order valence-corrected chi connectivity index (χ1v) is 9.40. The summed E-state index contributed by atoms with van der Waals surface area (Å²) in [4.78, 5) is 24.7. The number of hydrogen-bond acceptors (Lipinski definition) is 5. The average molecular weight is 350 g/mol. The highest BCUT2D eigenvalue weighted by Crippen LogP contribution is 2.58. The van der Waals surface area contributed by atoms with Crippen LogP contribution in [0, 0.1) is 23.2 Å². The molecular weight excluding hydrogens is 324 g/mol. The molecule has 1 saturated carbocycles. The van der Waals surface area contributed by atoms with E-state index in [4.69, 9.17) is 9.47 Å². The van der Waals surface area contributed by atoms with Crippen LogP contribution >= 0.6 is 0 Å². The molecule has 2 aliphatic carbocycles. The highest BCUT2D eigenvalue weighted by molar-refractivity contribution is 5.93. The Hall–Kier alpha value is -1.40. The van der Waals surface area contributed by atoms with Gasteiger partial charge in [-0.2, -0.15) is 0 Å². The first-order chi connectivity index (χ1) is 12.0. The predicted molar refractivity (Wildman–Crippen MR) is 87.6 cm³/mol. The van der Waals surface area contributed by atoms with E-state index in [-0.39, 0.29) is 11.9 Å². The molecule has 2 heterocycles. The largest absolute Gasteiger partial charge is 0.481 e. The Morgan fingerprint density at radius 1 is 1.36 bits per heavy atom. The topological polar surface area (TPSA) is 93.1 Å². The van der Waals surface area contributed by atoms with Gasteiger partial charge in [-0.05, 0) is 50.0 Å². The van der Waals surface area contributed by atoms with Gasteiger partial charge in [-0.1, -0.05) is 6.92 Å². The summed E-state index contributed by atoms with van der Waals surface area (Å²) in [6, 6.07) is 0. The molecule has 6 heteroatoms. The van der Waals surface area contributed by atoms with Crippen LogP contribution in [0.25, 0.3) is 0 Å². The molecular formula is C19H26O6. The number of esters is 1. The Labute approximate surface area is 147 Å². The van der Waals surface area contributed by atoms with E-state index in [2.05, 4.69) is 0 Å². The summed E-state index contributed by atoms with van der Waals surface area (Å²) < 4.78 is 10.9. The molecule has 4 aliphatic rings. The van der Waals surface area contributed by atoms with Gasteiger partial charge in [-0.3, -0.25) is 4.79 Å². The highest BCUT2D eigenvalue weighted by Gasteiger charge is 2.63. The van der Waals surface area contributed by atoms with Crippen LogP contribution in [0.15, 0.2) is 11.1 Å². The van der Waals surface area contributed by atoms with Gasteiger partial charge in [0.2, 0.25) is 0 Å². The van der Waals surface area contributed by atoms with Crippen LogP contribution in [-0.4, -0.2) is 47.6 Å². The fourth-order valence-corrected chi connectivity index (χ4v) is 5.61. The monoisotopic (exact) mass is 350 g/mol. The van der Waals surface area contributed by atoms with Crippen LogP contribution in [0.4, 0.5) is 0 Å². The Kier molecular flexibility index (Phi) is 4.15. The van der Waals surface area contributed by atoms with E-state index in [0.29, 0.717) is 30.9 Å². The maximum atomic E-state index is 12.5. The zero-order chi connectivity index (χ0) is 17.8. The summed E-state index contributed by atoms with van der Waals surface area (Å²) in [5, 5.41) is 21.1. The van der Waals surface area contributed by atoms with Gasteiger partial charge >= 0.3 is 11.9 Å². The van der Waals surface area contributed by atoms with Crippen molar-refractivity contribution in [1.29, 1.82) is 0 Å². The van der Waals surface area contributed by atoms with Gasteiger partial charge in [0, 0.05) is 30.6 Å². The van der Waals surface area contributed by atoms with Gasteiger partial charge in [0.25, 0.3) is 0 Å². The third-order valence-electron chi connectivity index (χ3n) is 7.08. The number of carboxylic acid groups (broad SMARTS) is 1. The van der Waals surface area contributed by atoms with E-state index in [9.17, 15) is 19.8 Å². The third kappa shape index (κ3) is 2.37. The first-order valence-electron chi connectivity index (χ1n) is 9.40. The lowest BCUT2D eigenvalue weighted by Gasteiger charge is -2.51. The Morgan fingerprint density at radius 2 is 2.16 bits per heavy atom. The molecule has 138 valence electrons. The van der Waals surface area contributed by atoms with Crippen LogP contribution < -0.4 is 0 Å². The molecule has 4 rings (SSSR count). The van der Waals surface area contributed by atoms with Gasteiger partial charge in [0.15, 0.2) is 6.10 Å². The lowest BCUT2D eigenvalue weighted by atomic mass is 9.52. The van der Waals surface area contributed by atoms with E-state index in [1.54, 1.807) is 6.92 Å². The number of aliphatic hydroxyl groups excluding tert-OH is 1. The van der Waals surface area contributed by atoms with Crippen molar-refractivity contribution >= 4 is 11.9 Å². The second-order valence-electron chi connectivity index (χ2n) is 8.10. The molecule has 0 bridgehead atoms. The van der Waals surface area contributed by atoms with Crippen LogP contribution in [0.5, 0.6) is 0 Å². The van der Waals surface area contributed by atoms with E-state index in [1.807, 2.05) is 0 Å². The zero-order valence-electron chi connectivity index (χ0n) is 14.6. The maximum absolute atomic E-state index is 12.5. The summed E-state index contributed by atoms with van der Waals surface area (Å²) in [6.07, 6.45) is 2.83. The number of aliphatic carboxylic acids is 1. The zero-order valence-corrected chi connectivity index (χ0v) is 14.6. The number of aliphatic hydroxyl groups is 1. The highest BCUT2D eigenvalue weighted by atomic mass is 16.6. The van der Waals surface area contributed by atoms with Crippen LogP contribution in [0.2, 0.25) is 0 Å². The van der Waals surface area contributed by atoms with E-state index < -0.39 is 29.5 Å². The molecule has 0 aromatic rings. The molecule has 6 nitrogen and oxygen atoms in total. The Balaban J connectivity index is 1.73. The molecule has 0 spiro atoms. The summed E-state index contributed by atoms with van der Waals surface area (Å²) >= 11 is 0. The lowest BCUT2D eigenvalue weighted by molar-refractivity contribution is -0.174. The predicted octanol–water partition coefficient (Wildman–Crippen LogP) is 1.91. The van der Waals surface area contributed by atoms with Crippen molar-refractivity contribution in [2.24, 2.45) is 23.2 Å². The van der Waals surface area contributed by atoms with Gasteiger partial charge in [0.1, 0.15) is 0 Å². The molecule has 0 amide bonds. The van der Waals surface area contributed by atoms with Crippen molar-refractivity contribution in [3.8, 4) is 0 Å². The molecule has 2 aliphatic heterocycles. The number of rotatable bonds is 4. The standard InChI is InChI=1S/C19H26O6/c1-10-15(20)16-14-12(17(21)25-16)3-2-4-13(14)19(10,18(22)23)7-5-11-6-8-24-9-11/h10-11,13,15-16,20H,2-9H2,1H3,(H,22,23)/t10-,11+,13+,15+,16-,19-/m1/s1. The van der Waals surface area contributed by atoms with Crippen molar-refractivity contribution in [2.75, 3.05) is 13.2 Å². The van der Waals surface area contributed by atoms with Crippen molar-refractivity contribution in [3.05, 3.63) is 11.1 Å². The first kappa shape index (κ1) is 17.0. The van der Waals surface area contributed by atoms with E-state index in [0.717, 1.165) is 37.9 Å². The molecule has 0 unspecified atom stereocenters. The molecule has 0 radical (unpaired) electrons. The number of ether oxygens (including phenoxy) is 2. The van der Waals surface area contributed by atoms with Crippen LogP contribution in [-0.2, 0) is 19.1 Å². The summed E-state index contributed by atoms with van der Waals surface area (Å²) in [6.45, 7) is 3.24. The fraction of sp³-hybridized carbons (Fsp3) is 0.789. The second-order valence-corrected chi connectivity index (χ2v) is 8.10. The molecule has 25 heavy (non-hydrogen) atoms. The molecule has 2 fully saturated rings. The van der Waals surface area contributed by atoms with Gasteiger partial charge in [-0.25, -0.2) is 4.79 Å². The van der Waals surface area contributed by atoms with Gasteiger partial charge in [-0.15, -0.1) is 0 Å². The van der Waals surface area contributed by atoms with Crippen LogP contribution in [0.3, 0.4) is 0 Å². The smallest absolute Gasteiger partial charge is 0.334 e. The van der Waals surface area contributed by atoms with Crippen molar-refractivity contribution < 1.29 is 29.3 Å². The van der Waals surface area contributed by atoms with Crippen molar-refractivity contribution in [3.63, 3.8) is 0 Å². The average Bonchev–Trinajstić information content (AvgIpc) is 3.22. The number of carboxylic acids is 1. The Bertz CT molecular complexity index is 619. The molecule has 0 aromatic carbocycles. The van der Waals surface area contributed by atoms with Crippen LogP contribution in [0.1, 0.15) is 45.4 Å². The van der Waals surface area contributed by atoms with E-state index >= 15 is 0 Å². The fourth-order valence-electron chi connectivity index (χ4n) is 5.61. The van der Waals surface area contributed by atoms with Gasteiger partial charge < -0.3 is 19.7 Å². The van der Waals surface area contributed by atoms with Crippen molar-refractivity contribution in [2.45, 2.75) is 57.7 Å². The minimum atomic E-state index is -1.03.